The molecule has 1 aliphatic carbocycles. The Balaban J connectivity index is 1.43. The van der Waals surface area contributed by atoms with Crippen molar-refractivity contribution >= 4 is 53.8 Å². The minimum atomic E-state index is -1.93. The predicted octanol–water partition coefficient (Wildman–Crippen LogP) is 1.61. The second-order valence-corrected chi connectivity index (χ2v) is 15.4. The molecule has 0 saturated carbocycles. The van der Waals surface area contributed by atoms with Crippen molar-refractivity contribution < 1.29 is 105 Å². The predicted molar refractivity (Wildman–Crippen MR) is 219 cm³/mol. The number of fused-ring (bicyclic) bond motifs is 3. The van der Waals surface area contributed by atoms with Crippen LogP contribution in [0.15, 0.2) is 48.5 Å². The van der Waals surface area contributed by atoms with Gasteiger partial charge in [-0.2, -0.15) is 0 Å². The molecule has 1 amide bonds. The molecule has 2 saturated heterocycles. The normalized spacial score (nSPS) is 25.7. The smallest absolute Gasteiger partial charge is 0.407 e. The van der Waals surface area contributed by atoms with Gasteiger partial charge in [-0.3, -0.25) is 33.6 Å². The first-order chi connectivity index (χ1) is 31.7. The van der Waals surface area contributed by atoms with E-state index >= 15 is 0 Å². The zero-order chi connectivity index (χ0) is 49.1. The largest absolute Gasteiger partial charge is 0.480 e. The molecule has 3 aliphatic rings. The number of nitrogens with one attached hydrogen (secondary N) is 1. The van der Waals surface area contributed by atoms with Gasteiger partial charge in [-0.1, -0.05) is 48.5 Å². The van der Waals surface area contributed by atoms with Crippen molar-refractivity contribution in [3.05, 3.63) is 59.7 Å². The van der Waals surface area contributed by atoms with Crippen LogP contribution in [0.2, 0.25) is 0 Å². The standard InChI is InChI=1S/C44H51NO22/c1-20(46)56-18-33-35(60-22(3)48)37(61-23(4)49)40(64-26(7)52)43(66-33)67-36-34(19-57-21(2)47)65-42(39(63-25(6)51)38(36)62-24(5)50)58-17-32(41(53)54)45-44(55)59-16-31-29-14-10-8-12-27(29)28-13-9-11-15-30(28)31/h8-15,31-40,42-43H,16-19H2,1-7H3,(H,45,55)(H,53,54)/t32?,33?,34?,35-,36+,37?,38?,39?,40?,42+,43-/m0/s1. The highest BCUT2D eigenvalue weighted by molar-refractivity contribution is 5.81. The molecule has 23 nitrogen and oxygen atoms in total. The number of ether oxygens (including phenoxy) is 12. The topological polar surface area (TPSA) is 297 Å². The third-order valence-electron chi connectivity index (χ3n) is 10.2. The maximum absolute atomic E-state index is 13.2. The SMILES string of the molecule is CC(=O)OCC1O[C@@H](OCC(NC(=O)OCC2c3ccccc3-c3ccccc32)C(=O)O)C(OC(C)=O)C(OC(C)=O)[C@@H]1O[C@@H]1OC(COC(C)=O)[C@H](OC(C)=O)C(OC(C)=O)C1OC(C)=O. The lowest BCUT2D eigenvalue weighted by Gasteiger charge is -2.48. The Morgan fingerprint density at radius 1 is 0.522 bits per heavy atom. The zero-order valence-electron chi connectivity index (χ0n) is 37.4. The van der Waals surface area contributed by atoms with Gasteiger partial charge in [-0.25, -0.2) is 9.59 Å². The zero-order valence-corrected chi connectivity index (χ0v) is 37.4. The van der Waals surface area contributed by atoms with Crippen molar-refractivity contribution in [3.8, 4) is 11.1 Å². The van der Waals surface area contributed by atoms with Gasteiger partial charge in [0.1, 0.15) is 38.1 Å². The van der Waals surface area contributed by atoms with Crippen LogP contribution in [0, 0.1) is 0 Å². The lowest BCUT2D eigenvalue weighted by molar-refractivity contribution is -0.361. The summed E-state index contributed by atoms with van der Waals surface area (Å²) in [4.78, 5) is 112. The second kappa shape index (κ2) is 23.2. The summed E-state index contributed by atoms with van der Waals surface area (Å²) < 4.78 is 67.7. The molecule has 0 spiro atoms. The van der Waals surface area contributed by atoms with Gasteiger partial charge >= 0.3 is 53.8 Å². The summed E-state index contributed by atoms with van der Waals surface area (Å²) in [5.41, 5.74) is 3.73. The van der Waals surface area contributed by atoms with Gasteiger partial charge in [-0.15, -0.1) is 0 Å². The average Bonchev–Trinajstić information content (AvgIpc) is 3.56. The number of rotatable bonds is 18. The molecule has 0 aromatic heterocycles. The van der Waals surface area contributed by atoms with E-state index in [0.717, 1.165) is 70.7 Å². The van der Waals surface area contributed by atoms with E-state index in [2.05, 4.69) is 5.32 Å². The first-order valence-electron chi connectivity index (χ1n) is 20.8. The molecular weight excluding hydrogens is 894 g/mol. The Kier molecular flexibility index (Phi) is 17.7. The van der Waals surface area contributed by atoms with Gasteiger partial charge in [0.15, 0.2) is 49.1 Å². The van der Waals surface area contributed by atoms with E-state index in [0.29, 0.717) is 0 Å². The van der Waals surface area contributed by atoms with Crippen LogP contribution < -0.4 is 5.32 Å². The van der Waals surface area contributed by atoms with E-state index in [1.165, 1.54) is 0 Å². The molecule has 23 heteroatoms. The lowest BCUT2D eigenvalue weighted by atomic mass is 9.96. The molecule has 11 atom stereocenters. The Labute approximate surface area is 382 Å². The summed E-state index contributed by atoms with van der Waals surface area (Å²) in [6.07, 6.45) is -18.6. The molecule has 7 unspecified atom stereocenters. The van der Waals surface area contributed by atoms with Gasteiger partial charge in [0, 0.05) is 54.4 Å². The van der Waals surface area contributed by atoms with Crippen LogP contribution in [0.5, 0.6) is 0 Å². The monoisotopic (exact) mass is 945 g/mol. The minimum absolute atomic E-state index is 0.157. The summed E-state index contributed by atoms with van der Waals surface area (Å²) in [7, 11) is 0. The van der Waals surface area contributed by atoms with Crippen molar-refractivity contribution in [3.63, 3.8) is 0 Å². The number of hydrogen-bond acceptors (Lipinski definition) is 21. The van der Waals surface area contributed by atoms with E-state index in [-0.39, 0.29) is 12.5 Å². The number of hydrogen-bond donors (Lipinski definition) is 2. The molecule has 2 aliphatic heterocycles. The van der Waals surface area contributed by atoms with E-state index in [4.69, 9.17) is 56.8 Å². The summed E-state index contributed by atoms with van der Waals surface area (Å²) >= 11 is 0. The lowest BCUT2D eigenvalue weighted by Crippen LogP contribution is -2.67. The van der Waals surface area contributed by atoms with Crippen molar-refractivity contribution in [2.45, 2.75) is 122 Å². The number of carboxylic acid groups (broad SMARTS) is 1. The van der Waals surface area contributed by atoms with Crippen LogP contribution in [-0.4, -0.2) is 153 Å². The van der Waals surface area contributed by atoms with Crippen molar-refractivity contribution in [1.29, 1.82) is 0 Å². The number of carboxylic acids is 1. The molecule has 2 fully saturated rings. The first-order valence-corrected chi connectivity index (χ1v) is 20.8. The average molecular weight is 946 g/mol. The van der Waals surface area contributed by atoms with Crippen molar-refractivity contribution in [1.82, 2.24) is 5.32 Å². The number of benzene rings is 2. The quantitative estimate of drug-likeness (QED) is 0.158. The molecular formula is C44H51NO22. The fourth-order valence-electron chi connectivity index (χ4n) is 7.75. The molecule has 364 valence electrons. The third kappa shape index (κ3) is 13.7. The highest BCUT2D eigenvalue weighted by Gasteiger charge is 2.58. The van der Waals surface area contributed by atoms with Gasteiger partial charge in [0.25, 0.3) is 0 Å². The number of carbonyl (C=O) groups excluding carboxylic acids is 8. The van der Waals surface area contributed by atoms with Gasteiger partial charge in [-0.05, 0) is 22.3 Å². The van der Waals surface area contributed by atoms with Crippen LogP contribution in [0.3, 0.4) is 0 Å². The Hall–Kier alpha value is -6.69. The third-order valence-corrected chi connectivity index (χ3v) is 10.2. The van der Waals surface area contributed by atoms with E-state index in [1.807, 2.05) is 48.5 Å². The Bertz CT molecular complexity index is 2130. The number of aliphatic carboxylic acids is 1. The molecule has 2 aromatic rings. The maximum Gasteiger partial charge on any atom is 0.407 e. The van der Waals surface area contributed by atoms with Gasteiger partial charge < -0.3 is 67.3 Å². The fraction of sp³-hybridized carbons (Fsp3) is 0.523. The van der Waals surface area contributed by atoms with E-state index in [1.54, 1.807) is 0 Å². The number of alkyl carbamates (subject to hydrolysis) is 1. The molecule has 2 aromatic carbocycles. The van der Waals surface area contributed by atoms with E-state index in [9.17, 15) is 48.3 Å². The molecule has 2 N–H and O–H groups in total. The summed E-state index contributed by atoms with van der Waals surface area (Å²) in [5, 5.41) is 12.4. The van der Waals surface area contributed by atoms with Crippen LogP contribution >= 0.6 is 0 Å². The highest BCUT2D eigenvalue weighted by atomic mass is 16.8. The fourth-order valence-corrected chi connectivity index (χ4v) is 7.75. The molecule has 67 heavy (non-hydrogen) atoms. The highest BCUT2D eigenvalue weighted by Crippen LogP contribution is 2.44. The molecule has 5 rings (SSSR count). The maximum atomic E-state index is 13.2. The van der Waals surface area contributed by atoms with E-state index < -0.39 is 141 Å². The molecule has 0 bridgehead atoms. The van der Waals surface area contributed by atoms with Crippen LogP contribution in [0.4, 0.5) is 4.79 Å². The van der Waals surface area contributed by atoms with Crippen LogP contribution in [0.25, 0.3) is 11.1 Å². The minimum Gasteiger partial charge on any atom is -0.480 e. The number of amides is 1. The van der Waals surface area contributed by atoms with Crippen molar-refractivity contribution in [2.75, 3.05) is 26.4 Å². The van der Waals surface area contributed by atoms with Crippen LogP contribution in [-0.2, 0) is 95.2 Å². The summed E-state index contributed by atoms with van der Waals surface area (Å²) in [6.45, 7) is 4.63. The molecule has 0 radical (unpaired) electrons. The Morgan fingerprint density at radius 2 is 0.940 bits per heavy atom. The summed E-state index contributed by atoms with van der Waals surface area (Å²) in [6, 6.07) is 13.3. The first kappa shape index (κ1) is 51.3. The van der Waals surface area contributed by atoms with Crippen molar-refractivity contribution in [2.24, 2.45) is 0 Å². The Morgan fingerprint density at radius 3 is 1.42 bits per heavy atom. The van der Waals surface area contributed by atoms with Gasteiger partial charge in [0.05, 0.1) is 6.61 Å². The second-order valence-electron chi connectivity index (χ2n) is 15.4. The number of carbonyl (C=O) groups is 9. The molecule has 2 heterocycles. The van der Waals surface area contributed by atoms with Crippen LogP contribution in [0.1, 0.15) is 65.5 Å². The van der Waals surface area contributed by atoms with Gasteiger partial charge in [0.2, 0.25) is 0 Å². The number of esters is 7. The summed E-state index contributed by atoms with van der Waals surface area (Å²) in [5.74, 6) is -8.47.